The summed E-state index contributed by atoms with van der Waals surface area (Å²) in [7, 11) is 0. The molecule has 0 aromatic rings. The molecule has 0 bridgehead atoms. The highest BCUT2D eigenvalue weighted by Crippen LogP contribution is 2.13. The number of carbonyl (C=O) groups is 3. The lowest BCUT2D eigenvalue weighted by atomic mass is 10.1. The van der Waals surface area contributed by atoms with Crippen LogP contribution in [0.15, 0.2) is 85.1 Å². The van der Waals surface area contributed by atoms with Crippen LogP contribution < -0.4 is 0 Å². The van der Waals surface area contributed by atoms with Crippen molar-refractivity contribution >= 4 is 17.9 Å². The van der Waals surface area contributed by atoms with Crippen molar-refractivity contribution in [3.63, 3.8) is 0 Å². The standard InChI is InChI=1S/C54H90O6/c1-4-7-10-13-16-19-22-25-27-29-32-35-38-41-44-47-53(56)59-50-51(49-58-52(55)46-43-40-37-34-31-24-21-18-15-12-9-6-3)60-54(57)48-45-42-39-36-33-30-28-26-23-20-17-14-11-8-5-2/h7,10,13,16,18-23,25,27,29,32,51H,4-6,8-9,11-12,14-15,17,24,26,28,30-31,33-50H2,1-3H3/b10-7-,16-13-,21-18-,22-19-,23-20-,27-25-,32-29-. The molecule has 1 atom stereocenters. The molecular weight excluding hydrogens is 745 g/mol. The summed E-state index contributed by atoms with van der Waals surface area (Å²) in [6, 6.07) is 0. The maximum atomic E-state index is 12.8. The second-order valence-electron chi connectivity index (χ2n) is 16.1. The molecule has 0 radical (unpaired) electrons. The number of allylic oxidation sites excluding steroid dienone is 14. The maximum Gasteiger partial charge on any atom is 0.306 e. The first-order valence-electron chi connectivity index (χ1n) is 24.7. The molecule has 0 aromatic carbocycles. The van der Waals surface area contributed by atoms with Crippen LogP contribution in [0.1, 0.15) is 220 Å². The van der Waals surface area contributed by atoms with Gasteiger partial charge in [0.25, 0.3) is 0 Å². The van der Waals surface area contributed by atoms with Gasteiger partial charge in [-0.2, -0.15) is 0 Å². The zero-order valence-electron chi connectivity index (χ0n) is 38.9. The van der Waals surface area contributed by atoms with E-state index in [1.165, 1.54) is 96.3 Å². The van der Waals surface area contributed by atoms with Crippen LogP contribution in [-0.4, -0.2) is 37.2 Å². The molecule has 0 aliphatic rings. The van der Waals surface area contributed by atoms with E-state index in [-0.39, 0.29) is 31.1 Å². The van der Waals surface area contributed by atoms with Crippen molar-refractivity contribution in [2.45, 2.75) is 226 Å². The molecular formula is C54H90O6. The van der Waals surface area contributed by atoms with Gasteiger partial charge in [-0.15, -0.1) is 0 Å². The van der Waals surface area contributed by atoms with Crippen molar-refractivity contribution in [2.75, 3.05) is 13.2 Å². The molecule has 0 saturated heterocycles. The highest BCUT2D eigenvalue weighted by molar-refractivity contribution is 5.71. The van der Waals surface area contributed by atoms with Crippen LogP contribution in [-0.2, 0) is 28.6 Å². The lowest BCUT2D eigenvalue weighted by Gasteiger charge is -2.18. The van der Waals surface area contributed by atoms with Gasteiger partial charge in [-0.05, 0) is 89.9 Å². The summed E-state index contributed by atoms with van der Waals surface area (Å²) >= 11 is 0. The Morgan fingerprint density at radius 2 is 0.667 bits per heavy atom. The Bertz CT molecular complexity index is 1190. The first-order valence-corrected chi connectivity index (χ1v) is 24.7. The molecule has 0 saturated carbocycles. The van der Waals surface area contributed by atoms with E-state index < -0.39 is 6.10 Å². The number of esters is 3. The van der Waals surface area contributed by atoms with Crippen molar-refractivity contribution in [1.29, 1.82) is 0 Å². The highest BCUT2D eigenvalue weighted by Gasteiger charge is 2.19. The first kappa shape index (κ1) is 56.6. The summed E-state index contributed by atoms with van der Waals surface area (Å²) in [4.78, 5) is 37.9. The Morgan fingerprint density at radius 3 is 1.12 bits per heavy atom. The van der Waals surface area contributed by atoms with E-state index in [2.05, 4.69) is 57.2 Å². The Labute approximate surface area is 369 Å². The number of rotatable bonds is 43. The number of ether oxygens (including phenoxy) is 3. The molecule has 0 fully saturated rings. The van der Waals surface area contributed by atoms with E-state index >= 15 is 0 Å². The van der Waals surface area contributed by atoms with Crippen LogP contribution in [0.3, 0.4) is 0 Å². The fourth-order valence-electron chi connectivity index (χ4n) is 6.51. The van der Waals surface area contributed by atoms with Gasteiger partial charge in [0, 0.05) is 19.3 Å². The SMILES string of the molecule is CC\C=C/C=C\C=C/C=C\C=C/CCCCCC(=O)OCC(COC(=O)CCCCCCC/C=C\CCCCC)OC(=O)CCCCCCCCC/C=C\CCCCCC. The maximum absolute atomic E-state index is 12.8. The van der Waals surface area contributed by atoms with Crippen molar-refractivity contribution in [3.8, 4) is 0 Å². The summed E-state index contributed by atoms with van der Waals surface area (Å²) in [5, 5.41) is 0. The zero-order chi connectivity index (χ0) is 43.7. The molecule has 60 heavy (non-hydrogen) atoms. The van der Waals surface area contributed by atoms with Gasteiger partial charge in [0.15, 0.2) is 6.10 Å². The number of carbonyl (C=O) groups excluding carboxylic acids is 3. The molecule has 0 heterocycles. The summed E-state index contributed by atoms with van der Waals surface area (Å²) in [6.45, 7) is 6.40. The van der Waals surface area contributed by atoms with Gasteiger partial charge >= 0.3 is 17.9 Å². The summed E-state index contributed by atoms with van der Waals surface area (Å²) in [5.41, 5.74) is 0. The van der Waals surface area contributed by atoms with Crippen molar-refractivity contribution in [2.24, 2.45) is 0 Å². The number of hydrogen-bond acceptors (Lipinski definition) is 6. The first-order chi connectivity index (χ1) is 29.5. The van der Waals surface area contributed by atoms with E-state index in [0.717, 1.165) is 83.5 Å². The Balaban J connectivity index is 4.49. The van der Waals surface area contributed by atoms with Crippen LogP contribution in [0, 0.1) is 0 Å². The molecule has 0 rings (SSSR count). The summed E-state index contributed by atoms with van der Waals surface area (Å²) in [6.07, 6.45) is 61.3. The van der Waals surface area contributed by atoms with E-state index in [0.29, 0.717) is 19.3 Å². The van der Waals surface area contributed by atoms with Gasteiger partial charge in [-0.1, -0.05) is 196 Å². The predicted molar refractivity (Wildman–Crippen MR) is 256 cm³/mol. The molecule has 342 valence electrons. The fraction of sp³-hybridized carbons (Fsp3) is 0.685. The largest absolute Gasteiger partial charge is 0.462 e. The molecule has 0 amide bonds. The van der Waals surface area contributed by atoms with Gasteiger partial charge in [-0.25, -0.2) is 0 Å². The average Bonchev–Trinajstić information content (AvgIpc) is 3.24. The lowest BCUT2D eigenvalue weighted by molar-refractivity contribution is -0.167. The molecule has 0 N–H and O–H groups in total. The molecule has 6 heteroatoms. The normalized spacial score (nSPS) is 12.8. The number of unbranched alkanes of at least 4 members (excludes halogenated alkanes) is 22. The monoisotopic (exact) mass is 835 g/mol. The minimum absolute atomic E-state index is 0.0972. The lowest BCUT2D eigenvalue weighted by Crippen LogP contribution is -2.30. The number of hydrogen-bond donors (Lipinski definition) is 0. The second kappa shape index (κ2) is 48.3. The van der Waals surface area contributed by atoms with Gasteiger partial charge in [-0.3, -0.25) is 14.4 Å². The van der Waals surface area contributed by atoms with E-state index in [1.807, 2.05) is 48.6 Å². The van der Waals surface area contributed by atoms with Crippen LogP contribution in [0.2, 0.25) is 0 Å². The Hall–Kier alpha value is -3.41. The van der Waals surface area contributed by atoms with Crippen LogP contribution in [0.5, 0.6) is 0 Å². The predicted octanol–water partition coefficient (Wildman–Crippen LogP) is 16.0. The topological polar surface area (TPSA) is 78.9 Å². The van der Waals surface area contributed by atoms with E-state index in [4.69, 9.17) is 14.2 Å². The van der Waals surface area contributed by atoms with Crippen LogP contribution >= 0.6 is 0 Å². The third kappa shape index (κ3) is 45.7. The second-order valence-corrected chi connectivity index (χ2v) is 16.1. The van der Waals surface area contributed by atoms with Gasteiger partial charge in [0.05, 0.1) is 0 Å². The van der Waals surface area contributed by atoms with Crippen LogP contribution in [0.4, 0.5) is 0 Å². The minimum atomic E-state index is -0.798. The highest BCUT2D eigenvalue weighted by atomic mass is 16.6. The molecule has 0 aromatic heterocycles. The smallest absolute Gasteiger partial charge is 0.306 e. The van der Waals surface area contributed by atoms with Crippen molar-refractivity contribution < 1.29 is 28.6 Å². The molecule has 0 aliphatic carbocycles. The Morgan fingerprint density at radius 1 is 0.350 bits per heavy atom. The molecule has 6 nitrogen and oxygen atoms in total. The summed E-state index contributed by atoms with van der Waals surface area (Å²) in [5.74, 6) is -0.957. The molecule has 0 aliphatic heterocycles. The third-order valence-corrected chi connectivity index (χ3v) is 10.2. The fourth-order valence-corrected chi connectivity index (χ4v) is 6.51. The minimum Gasteiger partial charge on any atom is -0.462 e. The molecule has 0 spiro atoms. The molecule has 1 unspecified atom stereocenters. The van der Waals surface area contributed by atoms with Gasteiger partial charge in [0.2, 0.25) is 0 Å². The van der Waals surface area contributed by atoms with E-state index in [1.54, 1.807) is 0 Å². The van der Waals surface area contributed by atoms with Gasteiger partial charge in [0.1, 0.15) is 13.2 Å². The van der Waals surface area contributed by atoms with Crippen molar-refractivity contribution in [3.05, 3.63) is 85.1 Å². The third-order valence-electron chi connectivity index (χ3n) is 10.2. The van der Waals surface area contributed by atoms with Crippen LogP contribution in [0.25, 0.3) is 0 Å². The Kier molecular flexibility index (Phi) is 45.5. The van der Waals surface area contributed by atoms with E-state index in [9.17, 15) is 14.4 Å². The summed E-state index contributed by atoms with van der Waals surface area (Å²) < 4.78 is 16.7. The van der Waals surface area contributed by atoms with Crippen molar-refractivity contribution in [1.82, 2.24) is 0 Å². The van der Waals surface area contributed by atoms with Gasteiger partial charge < -0.3 is 14.2 Å². The zero-order valence-corrected chi connectivity index (χ0v) is 38.9. The average molecular weight is 835 g/mol. The quantitative estimate of drug-likeness (QED) is 0.0200.